The maximum atomic E-state index is 7.76. The molecule has 0 nitrogen and oxygen atoms in total. The SMILES string of the molecule is CCC(/C=C\C(C)(C)C1CCCC1)C(Cl)(C1C=CCCC1)C1CCCCC1Cl. The van der Waals surface area contributed by atoms with Crippen molar-refractivity contribution in [1.82, 2.24) is 0 Å². The number of hydrogen-bond acceptors (Lipinski definition) is 0. The van der Waals surface area contributed by atoms with Crippen LogP contribution in [0.3, 0.4) is 0 Å². The molecule has 0 heterocycles. The molecule has 0 aromatic rings. The molecule has 3 aliphatic carbocycles. The van der Waals surface area contributed by atoms with Gasteiger partial charge in [0.1, 0.15) is 0 Å². The topological polar surface area (TPSA) is 0 Å². The predicted octanol–water partition coefficient (Wildman–Crippen LogP) is 8.92. The first kappa shape index (κ1) is 22.7. The Morgan fingerprint density at radius 2 is 1.68 bits per heavy atom. The van der Waals surface area contributed by atoms with Crippen LogP contribution >= 0.6 is 23.2 Å². The van der Waals surface area contributed by atoms with Crippen LogP contribution in [0, 0.1) is 29.1 Å². The Balaban J connectivity index is 1.89. The van der Waals surface area contributed by atoms with E-state index in [-0.39, 0.29) is 15.7 Å². The average molecular weight is 426 g/mol. The van der Waals surface area contributed by atoms with Gasteiger partial charge in [0.2, 0.25) is 0 Å². The molecule has 2 heteroatoms. The summed E-state index contributed by atoms with van der Waals surface area (Å²) in [5.41, 5.74) is 0.275. The van der Waals surface area contributed by atoms with E-state index in [1.54, 1.807) is 0 Å². The van der Waals surface area contributed by atoms with Crippen LogP contribution in [0.1, 0.15) is 97.8 Å². The minimum Gasteiger partial charge on any atom is -0.123 e. The summed E-state index contributed by atoms with van der Waals surface area (Å²) >= 11 is 14.7. The monoisotopic (exact) mass is 424 g/mol. The smallest absolute Gasteiger partial charge is 0.0613 e. The molecule has 0 spiro atoms. The number of alkyl halides is 2. The highest BCUT2D eigenvalue weighted by molar-refractivity contribution is 6.26. The molecular weight excluding hydrogens is 383 g/mol. The number of halogens is 2. The minimum absolute atomic E-state index is 0.229. The van der Waals surface area contributed by atoms with Crippen LogP contribution in [0.4, 0.5) is 0 Å². The molecule has 5 atom stereocenters. The van der Waals surface area contributed by atoms with Crippen LogP contribution in [-0.2, 0) is 0 Å². The van der Waals surface area contributed by atoms with E-state index in [4.69, 9.17) is 23.2 Å². The van der Waals surface area contributed by atoms with Crippen molar-refractivity contribution in [1.29, 1.82) is 0 Å². The molecule has 28 heavy (non-hydrogen) atoms. The van der Waals surface area contributed by atoms with E-state index < -0.39 is 0 Å². The quantitative estimate of drug-likeness (QED) is 0.282. The van der Waals surface area contributed by atoms with Crippen molar-refractivity contribution in [2.24, 2.45) is 29.1 Å². The van der Waals surface area contributed by atoms with Gasteiger partial charge < -0.3 is 0 Å². The van der Waals surface area contributed by atoms with Gasteiger partial charge in [0.25, 0.3) is 0 Å². The summed E-state index contributed by atoms with van der Waals surface area (Å²) in [6, 6.07) is 0. The van der Waals surface area contributed by atoms with Crippen molar-refractivity contribution in [2.75, 3.05) is 0 Å². The van der Waals surface area contributed by atoms with Crippen molar-refractivity contribution < 1.29 is 0 Å². The first-order chi connectivity index (χ1) is 13.4. The summed E-state index contributed by atoms with van der Waals surface area (Å²) in [5.74, 6) is 2.10. The zero-order valence-corrected chi connectivity index (χ0v) is 19.9. The lowest BCUT2D eigenvalue weighted by molar-refractivity contribution is 0.174. The van der Waals surface area contributed by atoms with Crippen LogP contribution in [0.25, 0.3) is 0 Å². The zero-order chi connectivity index (χ0) is 20.2. The van der Waals surface area contributed by atoms with Gasteiger partial charge in [0.05, 0.1) is 4.87 Å². The lowest BCUT2D eigenvalue weighted by atomic mass is 9.64. The maximum absolute atomic E-state index is 7.76. The van der Waals surface area contributed by atoms with Gasteiger partial charge in [0.15, 0.2) is 0 Å². The van der Waals surface area contributed by atoms with E-state index in [2.05, 4.69) is 45.1 Å². The molecular formula is C26H42Cl2. The molecule has 0 saturated heterocycles. The fraction of sp³-hybridized carbons (Fsp3) is 0.846. The molecule has 5 unspecified atom stereocenters. The zero-order valence-electron chi connectivity index (χ0n) is 18.4. The molecule has 3 aliphatic rings. The lowest BCUT2D eigenvalue weighted by Gasteiger charge is -2.49. The van der Waals surface area contributed by atoms with Gasteiger partial charge in [-0.15, -0.1) is 23.2 Å². The first-order valence-electron chi connectivity index (χ1n) is 12.1. The van der Waals surface area contributed by atoms with Crippen LogP contribution in [0.15, 0.2) is 24.3 Å². The fourth-order valence-corrected chi connectivity index (χ4v) is 7.58. The Morgan fingerprint density at radius 3 is 2.29 bits per heavy atom. The summed E-state index contributed by atoms with van der Waals surface area (Å²) in [6.07, 6.45) is 25.1. The van der Waals surface area contributed by atoms with Crippen molar-refractivity contribution in [2.45, 2.75) is 108 Å². The standard InChI is InChI=1S/C26H42Cl2/c1-4-20(18-19-25(2,3)21-12-8-9-13-21)26(28,22-14-6-5-7-15-22)23-16-10-11-17-24(23)27/h6,14,18-24H,4-5,7-13,15-17H2,1-3H3/b19-18-. The molecule has 0 aromatic carbocycles. The van der Waals surface area contributed by atoms with E-state index in [1.165, 1.54) is 64.2 Å². The Labute approximate surface area is 184 Å². The summed E-state index contributed by atoms with van der Waals surface area (Å²) in [5, 5.41) is 0.229. The Kier molecular flexibility index (Phi) is 8.05. The summed E-state index contributed by atoms with van der Waals surface area (Å²) < 4.78 is 0. The molecule has 0 radical (unpaired) electrons. The van der Waals surface area contributed by atoms with Crippen molar-refractivity contribution >= 4 is 23.2 Å². The van der Waals surface area contributed by atoms with Crippen molar-refractivity contribution in [3.05, 3.63) is 24.3 Å². The van der Waals surface area contributed by atoms with E-state index >= 15 is 0 Å². The number of allylic oxidation sites excluding steroid dienone is 4. The van der Waals surface area contributed by atoms with Gasteiger partial charge in [-0.25, -0.2) is 0 Å². The second-order valence-corrected chi connectivity index (χ2v) is 11.6. The molecule has 0 amide bonds. The molecule has 160 valence electrons. The minimum atomic E-state index is -0.235. The van der Waals surface area contributed by atoms with Crippen LogP contribution < -0.4 is 0 Å². The van der Waals surface area contributed by atoms with E-state index in [0.29, 0.717) is 17.8 Å². The molecule has 2 fully saturated rings. The van der Waals surface area contributed by atoms with Gasteiger partial charge in [0, 0.05) is 5.38 Å². The Bertz CT molecular complexity index is 543. The van der Waals surface area contributed by atoms with E-state index in [1.807, 2.05) is 0 Å². The van der Waals surface area contributed by atoms with Gasteiger partial charge in [-0.3, -0.25) is 0 Å². The number of rotatable bonds is 7. The van der Waals surface area contributed by atoms with Crippen LogP contribution in [-0.4, -0.2) is 10.3 Å². The summed E-state index contributed by atoms with van der Waals surface area (Å²) in [6.45, 7) is 7.20. The highest BCUT2D eigenvalue weighted by atomic mass is 35.5. The predicted molar refractivity (Wildman–Crippen MR) is 125 cm³/mol. The molecule has 3 rings (SSSR count). The largest absolute Gasteiger partial charge is 0.123 e. The maximum Gasteiger partial charge on any atom is 0.0613 e. The van der Waals surface area contributed by atoms with Crippen LogP contribution in [0.5, 0.6) is 0 Å². The molecule has 0 aliphatic heterocycles. The third-order valence-corrected chi connectivity index (χ3v) is 9.61. The fourth-order valence-electron chi connectivity index (χ4n) is 6.36. The molecule has 2 saturated carbocycles. The van der Waals surface area contributed by atoms with Gasteiger partial charge in [-0.1, -0.05) is 70.8 Å². The van der Waals surface area contributed by atoms with Crippen molar-refractivity contribution in [3.63, 3.8) is 0 Å². The summed E-state index contributed by atoms with van der Waals surface area (Å²) in [4.78, 5) is -0.235. The van der Waals surface area contributed by atoms with Crippen LogP contribution in [0.2, 0.25) is 0 Å². The molecule has 0 bridgehead atoms. The van der Waals surface area contributed by atoms with Gasteiger partial charge >= 0.3 is 0 Å². The first-order valence-corrected chi connectivity index (χ1v) is 12.9. The summed E-state index contributed by atoms with van der Waals surface area (Å²) in [7, 11) is 0. The van der Waals surface area contributed by atoms with E-state index in [0.717, 1.165) is 18.8 Å². The normalized spacial score (nSPS) is 33.2. The highest BCUT2D eigenvalue weighted by Gasteiger charge is 2.50. The number of hydrogen-bond donors (Lipinski definition) is 0. The second-order valence-electron chi connectivity index (χ2n) is 10.4. The Hall–Kier alpha value is 0.0600. The van der Waals surface area contributed by atoms with Gasteiger partial charge in [-0.05, 0) is 80.5 Å². The lowest BCUT2D eigenvalue weighted by Crippen LogP contribution is -2.50. The molecule has 0 N–H and O–H groups in total. The second kappa shape index (κ2) is 9.91. The Morgan fingerprint density at radius 1 is 1.00 bits per heavy atom. The van der Waals surface area contributed by atoms with E-state index in [9.17, 15) is 0 Å². The highest BCUT2D eigenvalue weighted by Crippen LogP contribution is 2.53. The third-order valence-electron chi connectivity index (χ3n) is 8.25. The van der Waals surface area contributed by atoms with Gasteiger partial charge in [-0.2, -0.15) is 0 Å². The van der Waals surface area contributed by atoms with Crippen molar-refractivity contribution in [3.8, 4) is 0 Å². The average Bonchev–Trinajstić information content (AvgIpc) is 3.25. The molecule has 0 aromatic heterocycles. The third kappa shape index (κ3) is 4.85.